The molecule has 3 rings (SSSR count). The lowest BCUT2D eigenvalue weighted by molar-refractivity contribution is -0.124. The first-order valence-electron chi connectivity index (χ1n) is 8.52. The number of hydrogen-bond acceptors (Lipinski definition) is 3. The lowest BCUT2D eigenvalue weighted by Gasteiger charge is -2.36. The number of nitrogens with zero attached hydrogens (tertiary/aromatic N) is 1. The summed E-state index contributed by atoms with van der Waals surface area (Å²) in [7, 11) is 0. The van der Waals surface area contributed by atoms with Crippen LogP contribution in [0.1, 0.15) is 38.5 Å². The van der Waals surface area contributed by atoms with Crippen molar-refractivity contribution >= 4 is 5.91 Å². The van der Waals surface area contributed by atoms with Gasteiger partial charge in [-0.2, -0.15) is 0 Å². The number of rotatable bonds is 5. The number of hydrogen-bond donors (Lipinski definition) is 1. The van der Waals surface area contributed by atoms with Crippen LogP contribution in [0.4, 0.5) is 0 Å². The fourth-order valence-electron chi connectivity index (χ4n) is 3.61. The Morgan fingerprint density at radius 3 is 2.45 bits per heavy atom. The predicted molar refractivity (Wildman–Crippen MR) is 86.9 cm³/mol. The zero-order valence-electron chi connectivity index (χ0n) is 13.2. The average Bonchev–Trinajstić information content (AvgIpc) is 3.09. The number of para-hydroxylation sites is 1. The molecule has 1 saturated carbocycles. The van der Waals surface area contributed by atoms with Gasteiger partial charge in [0.1, 0.15) is 5.75 Å². The molecule has 1 aromatic carbocycles. The van der Waals surface area contributed by atoms with Gasteiger partial charge in [0.25, 0.3) is 5.91 Å². The van der Waals surface area contributed by atoms with E-state index in [1.165, 1.54) is 25.7 Å². The molecule has 22 heavy (non-hydrogen) atoms. The smallest absolute Gasteiger partial charge is 0.258 e. The Bertz CT molecular complexity index is 463. The topological polar surface area (TPSA) is 41.6 Å². The van der Waals surface area contributed by atoms with E-state index in [0.717, 1.165) is 37.7 Å². The molecule has 1 aromatic rings. The molecule has 1 heterocycles. The Balaban J connectivity index is 1.36. The summed E-state index contributed by atoms with van der Waals surface area (Å²) >= 11 is 0. The summed E-state index contributed by atoms with van der Waals surface area (Å²) in [5, 5.41) is 3.11. The maximum Gasteiger partial charge on any atom is 0.258 e. The van der Waals surface area contributed by atoms with Crippen molar-refractivity contribution in [2.45, 2.75) is 50.6 Å². The lowest BCUT2D eigenvalue weighted by Crippen LogP contribution is -2.48. The highest BCUT2D eigenvalue weighted by atomic mass is 16.5. The molecule has 1 amide bonds. The number of carbonyl (C=O) groups excluding carboxylic acids is 1. The van der Waals surface area contributed by atoms with Gasteiger partial charge in [-0.25, -0.2) is 0 Å². The zero-order valence-corrected chi connectivity index (χ0v) is 13.2. The van der Waals surface area contributed by atoms with E-state index in [1.807, 2.05) is 30.3 Å². The second kappa shape index (κ2) is 7.63. The van der Waals surface area contributed by atoms with Gasteiger partial charge in [-0.05, 0) is 37.8 Å². The van der Waals surface area contributed by atoms with Gasteiger partial charge in [0.15, 0.2) is 6.61 Å². The van der Waals surface area contributed by atoms with Gasteiger partial charge in [-0.3, -0.25) is 4.79 Å². The summed E-state index contributed by atoms with van der Waals surface area (Å²) in [5.74, 6) is 0.733. The molecular weight excluding hydrogens is 276 g/mol. The third-order valence-electron chi connectivity index (χ3n) is 4.85. The Morgan fingerprint density at radius 2 is 1.77 bits per heavy atom. The Labute approximate surface area is 132 Å². The van der Waals surface area contributed by atoms with Crippen LogP contribution >= 0.6 is 0 Å². The third-order valence-corrected chi connectivity index (χ3v) is 4.85. The standard InChI is InChI=1S/C18H26N2O2/c21-18(14-22-17-8-2-1-3-9-17)19-15-10-12-20(13-11-15)16-6-4-5-7-16/h1-3,8-9,15-16H,4-7,10-14H2,(H,19,21). The van der Waals surface area contributed by atoms with Crippen LogP contribution in [0.25, 0.3) is 0 Å². The number of piperidine rings is 1. The molecule has 120 valence electrons. The Kier molecular flexibility index (Phi) is 5.33. The Hall–Kier alpha value is -1.55. The van der Waals surface area contributed by atoms with Gasteiger partial charge < -0.3 is 15.0 Å². The monoisotopic (exact) mass is 302 g/mol. The van der Waals surface area contributed by atoms with Crippen molar-refractivity contribution in [2.75, 3.05) is 19.7 Å². The van der Waals surface area contributed by atoms with Crippen LogP contribution in [0.2, 0.25) is 0 Å². The fourth-order valence-corrected chi connectivity index (χ4v) is 3.61. The van der Waals surface area contributed by atoms with Gasteiger partial charge in [-0.1, -0.05) is 31.0 Å². The van der Waals surface area contributed by atoms with Crippen LogP contribution in [0, 0.1) is 0 Å². The SMILES string of the molecule is O=C(COc1ccccc1)NC1CCN(C2CCCC2)CC1. The van der Waals surface area contributed by atoms with E-state index in [0.29, 0.717) is 6.04 Å². The summed E-state index contributed by atoms with van der Waals surface area (Å²) in [6, 6.07) is 10.6. The summed E-state index contributed by atoms with van der Waals surface area (Å²) in [4.78, 5) is 14.6. The van der Waals surface area contributed by atoms with Crippen LogP contribution in [-0.4, -0.2) is 42.6 Å². The molecular formula is C18H26N2O2. The van der Waals surface area contributed by atoms with Crippen molar-refractivity contribution < 1.29 is 9.53 Å². The highest BCUT2D eigenvalue weighted by Gasteiger charge is 2.27. The minimum atomic E-state index is -0.0110. The molecule has 4 nitrogen and oxygen atoms in total. The van der Waals surface area contributed by atoms with Crippen LogP contribution in [0.3, 0.4) is 0 Å². The summed E-state index contributed by atoms with van der Waals surface area (Å²) in [6.07, 6.45) is 7.63. The summed E-state index contributed by atoms with van der Waals surface area (Å²) < 4.78 is 5.49. The highest BCUT2D eigenvalue weighted by Crippen LogP contribution is 2.26. The first-order chi connectivity index (χ1) is 10.8. The molecule has 1 aliphatic carbocycles. The average molecular weight is 302 g/mol. The number of nitrogens with one attached hydrogen (secondary N) is 1. The number of likely N-dealkylation sites (tertiary alicyclic amines) is 1. The van der Waals surface area contributed by atoms with Gasteiger partial charge in [-0.15, -0.1) is 0 Å². The van der Waals surface area contributed by atoms with E-state index >= 15 is 0 Å². The number of amides is 1. The van der Waals surface area contributed by atoms with Crippen LogP contribution in [-0.2, 0) is 4.79 Å². The number of benzene rings is 1. The third kappa shape index (κ3) is 4.23. The second-order valence-corrected chi connectivity index (χ2v) is 6.42. The van der Waals surface area contributed by atoms with E-state index < -0.39 is 0 Å². The van der Waals surface area contributed by atoms with E-state index in [2.05, 4.69) is 10.2 Å². The van der Waals surface area contributed by atoms with Crippen molar-refractivity contribution in [3.8, 4) is 5.75 Å². The predicted octanol–water partition coefficient (Wildman–Crippen LogP) is 2.59. The minimum absolute atomic E-state index is 0.0110. The second-order valence-electron chi connectivity index (χ2n) is 6.42. The molecule has 0 aromatic heterocycles. The van der Waals surface area contributed by atoms with Crippen molar-refractivity contribution in [1.82, 2.24) is 10.2 Å². The van der Waals surface area contributed by atoms with E-state index in [-0.39, 0.29) is 12.5 Å². The lowest BCUT2D eigenvalue weighted by atomic mass is 10.0. The first-order valence-corrected chi connectivity index (χ1v) is 8.52. The number of carbonyl (C=O) groups is 1. The molecule has 1 aliphatic heterocycles. The zero-order chi connectivity index (χ0) is 15.2. The van der Waals surface area contributed by atoms with Crippen LogP contribution in [0.15, 0.2) is 30.3 Å². The molecule has 0 unspecified atom stereocenters. The van der Waals surface area contributed by atoms with Gasteiger partial charge in [0.2, 0.25) is 0 Å². The van der Waals surface area contributed by atoms with Crippen LogP contribution in [0.5, 0.6) is 5.75 Å². The van der Waals surface area contributed by atoms with Gasteiger partial charge in [0, 0.05) is 25.2 Å². The van der Waals surface area contributed by atoms with Crippen molar-refractivity contribution in [3.63, 3.8) is 0 Å². The maximum atomic E-state index is 12.0. The van der Waals surface area contributed by atoms with E-state index in [9.17, 15) is 4.79 Å². The fraction of sp³-hybridized carbons (Fsp3) is 0.611. The maximum absolute atomic E-state index is 12.0. The van der Waals surface area contributed by atoms with Gasteiger partial charge in [0.05, 0.1) is 0 Å². The Morgan fingerprint density at radius 1 is 1.09 bits per heavy atom. The molecule has 4 heteroatoms. The van der Waals surface area contributed by atoms with Crippen molar-refractivity contribution in [2.24, 2.45) is 0 Å². The first kappa shape index (κ1) is 15.3. The van der Waals surface area contributed by atoms with Crippen molar-refractivity contribution in [3.05, 3.63) is 30.3 Å². The highest BCUT2D eigenvalue weighted by molar-refractivity contribution is 5.77. The minimum Gasteiger partial charge on any atom is -0.484 e. The normalized spacial score (nSPS) is 20.9. The summed E-state index contributed by atoms with van der Waals surface area (Å²) in [5.41, 5.74) is 0. The molecule has 2 aliphatic rings. The molecule has 0 radical (unpaired) electrons. The molecule has 0 bridgehead atoms. The number of ether oxygens (including phenoxy) is 1. The largest absolute Gasteiger partial charge is 0.484 e. The van der Waals surface area contributed by atoms with Gasteiger partial charge >= 0.3 is 0 Å². The molecule has 0 atom stereocenters. The quantitative estimate of drug-likeness (QED) is 0.909. The molecule has 1 saturated heterocycles. The molecule has 1 N–H and O–H groups in total. The van der Waals surface area contributed by atoms with E-state index in [1.54, 1.807) is 0 Å². The summed E-state index contributed by atoms with van der Waals surface area (Å²) in [6.45, 7) is 2.34. The van der Waals surface area contributed by atoms with E-state index in [4.69, 9.17) is 4.74 Å². The van der Waals surface area contributed by atoms with Crippen molar-refractivity contribution in [1.29, 1.82) is 0 Å². The van der Waals surface area contributed by atoms with Crippen LogP contribution < -0.4 is 10.1 Å². The molecule has 2 fully saturated rings. The molecule has 0 spiro atoms.